The summed E-state index contributed by atoms with van der Waals surface area (Å²) < 4.78 is 1.09. The normalized spacial score (nSPS) is 10.3. The van der Waals surface area contributed by atoms with Gasteiger partial charge in [-0.3, -0.25) is 4.79 Å². The maximum Gasteiger partial charge on any atom is 0.234 e. The fourth-order valence-corrected chi connectivity index (χ4v) is 2.83. The van der Waals surface area contributed by atoms with Crippen LogP contribution in [0.2, 0.25) is 0 Å². The van der Waals surface area contributed by atoms with Crippen LogP contribution in [-0.2, 0) is 4.79 Å². The van der Waals surface area contributed by atoms with E-state index in [1.54, 1.807) is 0 Å². The predicted octanol–water partition coefficient (Wildman–Crippen LogP) is 4.80. The van der Waals surface area contributed by atoms with Crippen LogP contribution < -0.4 is 5.32 Å². The lowest BCUT2D eigenvalue weighted by atomic mass is 10.1. The summed E-state index contributed by atoms with van der Waals surface area (Å²) in [4.78, 5) is 13.1. The second-order valence-corrected chi connectivity index (χ2v) is 6.42. The molecule has 0 atom stereocenters. The maximum atomic E-state index is 11.9. The molecule has 4 heteroatoms. The van der Waals surface area contributed by atoms with Gasteiger partial charge in [-0.25, -0.2) is 0 Å². The van der Waals surface area contributed by atoms with E-state index in [2.05, 4.69) is 21.2 Å². The molecule has 2 aromatic rings. The van der Waals surface area contributed by atoms with E-state index in [4.69, 9.17) is 0 Å². The third-order valence-electron chi connectivity index (χ3n) is 2.83. The first-order valence-corrected chi connectivity index (χ1v) is 8.08. The van der Waals surface area contributed by atoms with E-state index in [0.717, 1.165) is 26.2 Å². The molecule has 0 spiro atoms. The molecule has 0 heterocycles. The zero-order valence-corrected chi connectivity index (χ0v) is 13.8. The van der Waals surface area contributed by atoms with Gasteiger partial charge in [0, 0.05) is 15.1 Å². The molecule has 104 valence electrons. The Morgan fingerprint density at radius 2 is 1.75 bits per heavy atom. The van der Waals surface area contributed by atoms with Crippen molar-refractivity contribution >= 4 is 39.3 Å². The molecule has 0 aliphatic carbocycles. The highest BCUT2D eigenvalue weighted by Crippen LogP contribution is 2.25. The fraction of sp³-hybridized carbons (Fsp3) is 0.188. The number of carbonyl (C=O) groups is 1. The summed E-state index contributed by atoms with van der Waals surface area (Å²) >= 11 is 5.06. The van der Waals surface area contributed by atoms with Gasteiger partial charge in [0.2, 0.25) is 5.91 Å². The quantitative estimate of drug-likeness (QED) is 0.803. The van der Waals surface area contributed by atoms with Crippen molar-refractivity contribution in [1.82, 2.24) is 0 Å². The van der Waals surface area contributed by atoms with Crippen LogP contribution in [0.3, 0.4) is 0 Å². The van der Waals surface area contributed by atoms with Crippen molar-refractivity contribution in [2.24, 2.45) is 0 Å². The van der Waals surface area contributed by atoms with Crippen LogP contribution >= 0.6 is 27.7 Å². The van der Waals surface area contributed by atoms with Crippen LogP contribution in [0.1, 0.15) is 11.1 Å². The van der Waals surface area contributed by atoms with Gasteiger partial charge in [-0.2, -0.15) is 0 Å². The van der Waals surface area contributed by atoms with E-state index < -0.39 is 0 Å². The summed E-state index contributed by atoms with van der Waals surface area (Å²) in [5.74, 6) is 0.429. The third-order valence-corrected chi connectivity index (χ3v) is 5.10. The van der Waals surface area contributed by atoms with E-state index in [0.29, 0.717) is 5.75 Å². The van der Waals surface area contributed by atoms with Crippen LogP contribution in [0, 0.1) is 13.8 Å². The van der Waals surface area contributed by atoms with Crippen molar-refractivity contribution in [1.29, 1.82) is 0 Å². The monoisotopic (exact) mass is 349 g/mol. The molecule has 0 saturated heterocycles. The van der Waals surface area contributed by atoms with Crippen LogP contribution in [0.4, 0.5) is 5.69 Å². The average molecular weight is 350 g/mol. The Labute approximate surface area is 132 Å². The summed E-state index contributed by atoms with van der Waals surface area (Å²) in [7, 11) is 0. The highest BCUT2D eigenvalue weighted by atomic mass is 79.9. The van der Waals surface area contributed by atoms with Gasteiger partial charge in [-0.15, -0.1) is 11.8 Å². The summed E-state index contributed by atoms with van der Waals surface area (Å²) in [6.07, 6.45) is 0. The van der Waals surface area contributed by atoms with Gasteiger partial charge in [-0.1, -0.05) is 34.1 Å². The molecule has 0 aliphatic rings. The zero-order chi connectivity index (χ0) is 14.5. The molecule has 0 fully saturated rings. The minimum atomic E-state index is 0.0139. The predicted molar refractivity (Wildman–Crippen MR) is 89.4 cm³/mol. The Bertz CT molecular complexity index is 590. The molecule has 1 amide bonds. The smallest absolute Gasteiger partial charge is 0.234 e. The summed E-state index contributed by atoms with van der Waals surface area (Å²) in [5, 5.41) is 2.94. The lowest BCUT2D eigenvalue weighted by Crippen LogP contribution is -2.14. The molecule has 2 nitrogen and oxygen atoms in total. The average Bonchev–Trinajstić information content (AvgIpc) is 2.43. The summed E-state index contributed by atoms with van der Waals surface area (Å²) in [6, 6.07) is 13.9. The van der Waals surface area contributed by atoms with Crippen LogP contribution in [0.15, 0.2) is 51.8 Å². The highest BCUT2D eigenvalue weighted by Gasteiger charge is 2.06. The second kappa shape index (κ2) is 6.95. The lowest BCUT2D eigenvalue weighted by molar-refractivity contribution is -0.113. The Morgan fingerprint density at radius 1 is 1.15 bits per heavy atom. The minimum absolute atomic E-state index is 0.0139. The first kappa shape index (κ1) is 15.1. The molecule has 1 N–H and O–H groups in total. The third kappa shape index (κ3) is 4.12. The number of hydrogen-bond acceptors (Lipinski definition) is 2. The molecule has 0 bridgehead atoms. The van der Waals surface area contributed by atoms with Crippen LogP contribution in [0.25, 0.3) is 0 Å². The number of benzene rings is 2. The highest BCUT2D eigenvalue weighted by molar-refractivity contribution is 9.10. The molecule has 2 rings (SSSR count). The van der Waals surface area contributed by atoms with Crippen molar-refractivity contribution < 1.29 is 4.79 Å². The number of aryl methyl sites for hydroxylation is 2. The number of nitrogens with one attached hydrogen (secondary N) is 1. The van der Waals surface area contributed by atoms with Crippen molar-refractivity contribution in [3.63, 3.8) is 0 Å². The molecular formula is C16H16BrNOS. The first-order chi connectivity index (χ1) is 9.56. The van der Waals surface area contributed by atoms with Crippen molar-refractivity contribution in [2.45, 2.75) is 18.7 Å². The molecule has 0 aromatic heterocycles. The SMILES string of the molecule is Cc1cc(NC(=O)CSc2ccccc2)cc(C)c1Br. The van der Waals surface area contributed by atoms with Crippen molar-refractivity contribution in [2.75, 3.05) is 11.1 Å². The standard InChI is InChI=1S/C16H16BrNOS/c1-11-8-13(9-12(2)16(11)17)18-15(19)10-20-14-6-4-3-5-7-14/h3-9H,10H2,1-2H3,(H,18,19). The molecule has 0 aliphatic heterocycles. The Balaban J connectivity index is 1.95. The summed E-state index contributed by atoms with van der Waals surface area (Å²) in [5.41, 5.74) is 3.09. The van der Waals surface area contributed by atoms with E-state index in [1.807, 2.05) is 56.3 Å². The molecule has 20 heavy (non-hydrogen) atoms. The van der Waals surface area contributed by atoms with Gasteiger partial charge in [0.15, 0.2) is 0 Å². The van der Waals surface area contributed by atoms with Crippen LogP contribution in [-0.4, -0.2) is 11.7 Å². The van der Waals surface area contributed by atoms with E-state index in [9.17, 15) is 4.79 Å². The van der Waals surface area contributed by atoms with Gasteiger partial charge in [0.05, 0.1) is 5.75 Å². The van der Waals surface area contributed by atoms with Crippen LogP contribution in [0.5, 0.6) is 0 Å². The molecule has 2 aromatic carbocycles. The molecule has 0 saturated carbocycles. The van der Waals surface area contributed by atoms with Gasteiger partial charge in [0.25, 0.3) is 0 Å². The van der Waals surface area contributed by atoms with Crippen molar-refractivity contribution in [3.8, 4) is 0 Å². The summed E-state index contributed by atoms with van der Waals surface area (Å²) in [6.45, 7) is 4.04. The number of amides is 1. The minimum Gasteiger partial charge on any atom is -0.325 e. The van der Waals surface area contributed by atoms with Crippen molar-refractivity contribution in [3.05, 3.63) is 58.1 Å². The topological polar surface area (TPSA) is 29.1 Å². The number of anilines is 1. The Kier molecular flexibility index (Phi) is 5.26. The number of thioether (sulfide) groups is 1. The second-order valence-electron chi connectivity index (χ2n) is 4.57. The molecular weight excluding hydrogens is 334 g/mol. The Hall–Kier alpha value is -1.26. The largest absolute Gasteiger partial charge is 0.325 e. The van der Waals surface area contributed by atoms with Gasteiger partial charge in [0.1, 0.15) is 0 Å². The zero-order valence-electron chi connectivity index (χ0n) is 11.4. The number of halogens is 1. The van der Waals surface area contributed by atoms with Gasteiger partial charge < -0.3 is 5.32 Å². The van der Waals surface area contributed by atoms with E-state index in [1.165, 1.54) is 11.8 Å². The van der Waals surface area contributed by atoms with E-state index in [-0.39, 0.29) is 5.91 Å². The van der Waals surface area contributed by atoms with Gasteiger partial charge >= 0.3 is 0 Å². The maximum absolute atomic E-state index is 11.9. The number of rotatable bonds is 4. The number of carbonyl (C=O) groups excluding carboxylic acids is 1. The van der Waals surface area contributed by atoms with Gasteiger partial charge in [-0.05, 0) is 49.2 Å². The first-order valence-electron chi connectivity index (χ1n) is 6.30. The number of hydrogen-bond donors (Lipinski definition) is 1. The molecule has 0 radical (unpaired) electrons. The molecule has 0 unspecified atom stereocenters. The fourth-order valence-electron chi connectivity index (χ4n) is 1.88. The lowest BCUT2D eigenvalue weighted by Gasteiger charge is -2.09. The van der Waals surface area contributed by atoms with E-state index >= 15 is 0 Å². The Morgan fingerprint density at radius 3 is 2.35 bits per heavy atom.